The molecule has 6 heteroatoms. The van der Waals surface area contributed by atoms with Gasteiger partial charge in [-0.1, -0.05) is 42.5 Å². The van der Waals surface area contributed by atoms with Gasteiger partial charge < -0.3 is 10.2 Å². The van der Waals surface area contributed by atoms with E-state index in [1.165, 1.54) is 6.26 Å². The molecular formula is C19H19N3O2S. The second-order valence-electron chi connectivity index (χ2n) is 5.83. The predicted octanol–water partition coefficient (Wildman–Crippen LogP) is 3.73. The molecule has 0 unspecified atom stereocenters. The van der Waals surface area contributed by atoms with Crippen molar-refractivity contribution in [3.05, 3.63) is 66.7 Å². The highest BCUT2D eigenvalue weighted by atomic mass is 32.2. The molecule has 0 spiro atoms. The minimum atomic E-state index is -3.29. The first-order valence-electron chi connectivity index (χ1n) is 7.73. The molecule has 0 saturated carbocycles. The lowest BCUT2D eigenvalue weighted by Gasteiger charge is -2.22. The lowest BCUT2D eigenvalue weighted by Crippen LogP contribution is -2.32. The largest absolute Gasteiger partial charge is 0.326 e. The third-order valence-corrected chi connectivity index (χ3v) is 5.12. The van der Waals surface area contributed by atoms with Crippen LogP contribution in [0.2, 0.25) is 0 Å². The average Bonchev–Trinajstić information content (AvgIpc) is 2.61. The molecule has 0 bridgehead atoms. The van der Waals surface area contributed by atoms with Crippen LogP contribution in [0.25, 0.3) is 10.8 Å². The number of nitrogens with one attached hydrogen (secondary N) is 2. The van der Waals surface area contributed by atoms with Crippen molar-refractivity contribution in [1.29, 1.82) is 5.41 Å². The molecule has 0 saturated heterocycles. The molecule has 5 nitrogen and oxygen atoms in total. The van der Waals surface area contributed by atoms with Crippen LogP contribution in [-0.2, 0) is 9.84 Å². The summed E-state index contributed by atoms with van der Waals surface area (Å²) in [5.74, 6) is 0.155. The summed E-state index contributed by atoms with van der Waals surface area (Å²) in [6.45, 7) is 0. The summed E-state index contributed by atoms with van der Waals surface area (Å²) in [6, 6.07) is 20.4. The smallest absolute Gasteiger partial charge is 0.199 e. The summed E-state index contributed by atoms with van der Waals surface area (Å²) in [5, 5.41) is 13.5. The van der Waals surface area contributed by atoms with Gasteiger partial charge in [0.15, 0.2) is 15.8 Å². The van der Waals surface area contributed by atoms with E-state index in [0.717, 1.165) is 16.5 Å². The van der Waals surface area contributed by atoms with E-state index in [1.54, 1.807) is 36.2 Å². The van der Waals surface area contributed by atoms with Crippen LogP contribution >= 0.6 is 0 Å². The van der Waals surface area contributed by atoms with E-state index in [2.05, 4.69) is 5.32 Å². The molecule has 0 amide bonds. The fraction of sp³-hybridized carbons (Fsp3) is 0.105. The molecule has 0 atom stereocenters. The Balaban J connectivity index is 1.88. The zero-order valence-corrected chi connectivity index (χ0v) is 14.8. The van der Waals surface area contributed by atoms with Gasteiger partial charge in [0, 0.05) is 30.1 Å². The topological polar surface area (TPSA) is 73.3 Å². The van der Waals surface area contributed by atoms with E-state index in [0.29, 0.717) is 5.69 Å². The zero-order valence-electron chi connectivity index (χ0n) is 14.0. The number of fused-ring (bicyclic) bond motifs is 1. The second-order valence-corrected chi connectivity index (χ2v) is 7.84. The summed E-state index contributed by atoms with van der Waals surface area (Å²) < 4.78 is 23.5. The summed E-state index contributed by atoms with van der Waals surface area (Å²) >= 11 is 0. The Morgan fingerprint density at radius 3 is 2.44 bits per heavy atom. The second kappa shape index (κ2) is 6.57. The molecular weight excluding hydrogens is 334 g/mol. The maximum absolute atomic E-state index is 11.7. The summed E-state index contributed by atoms with van der Waals surface area (Å²) in [6.07, 6.45) is 1.17. The summed E-state index contributed by atoms with van der Waals surface area (Å²) in [5.41, 5.74) is 1.45. The van der Waals surface area contributed by atoms with Gasteiger partial charge >= 0.3 is 0 Å². The molecule has 0 aromatic heterocycles. The van der Waals surface area contributed by atoms with Crippen molar-refractivity contribution in [3.63, 3.8) is 0 Å². The van der Waals surface area contributed by atoms with Gasteiger partial charge in [-0.15, -0.1) is 0 Å². The van der Waals surface area contributed by atoms with Crippen LogP contribution in [0.4, 0.5) is 11.4 Å². The van der Waals surface area contributed by atoms with Gasteiger partial charge in [0.25, 0.3) is 0 Å². The summed E-state index contributed by atoms with van der Waals surface area (Å²) in [4.78, 5) is 1.84. The van der Waals surface area contributed by atoms with Crippen molar-refractivity contribution in [2.24, 2.45) is 0 Å². The number of nitrogens with zero attached hydrogens (tertiary/aromatic N) is 1. The molecule has 0 fully saturated rings. The Hall–Kier alpha value is -2.86. The predicted molar refractivity (Wildman–Crippen MR) is 103 cm³/mol. The van der Waals surface area contributed by atoms with Crippen LogP contribution in [0.1, 0.15) is 0 Å². The molecule has 0 aliphatic rings. The number of rotatable bonds is 3. The molecule has 3 rings (SSSR count). The maximum atomic E-state index is 11.7. The van der Waals surface area contributed by atoms with Crippen LogP contribution in [0, 0.1) is 5.41 Å². The minimum Gasteiger partial charge on any atom is -0.326 e. The Morgan fingerprint density at radius 1 is 1.00 bits per heavy atom. The number of hydrogen-bond donors (Lipinski definition) is 2. The van der Waals surface area contributed by atoms with Crippen molar-refractivity contribution in [1.82, 2.24) is 0 Å². The minimum absolute atomic E-state index is 0.155. The van der Waals surface area contributed by atoms with Crippen LogP contribution < -0.4 is 10.2 Å². The molecule has 0 aliphatic heterocycles. The molecule has 3 aromatic carbocycles. The molecule has 3 aromatic rings. The van der Waals surface area contributed by atoms with Crippen molar-refractivity contribution in [3.8, 4) is 0 Å². The third kappa shape index (κ3) is 3.64. The van der Waals surface area contributed by atoms with Crippen molar-refractivity contribution >= 4 is 37.9 Å². The van der Waals surface area contributed by atoms with E-state index >= 15 is 0 Å². The highest BCUT2D eigenvalue weighted by molar-refractivity contribution is 7.90. The summed E-state index contributed by atoms with van der Waals surface area (Å²) in [7, 11) is -1.57. The van der Waals surface area contributed by atoms with E-state index in [9.17, 15) is 8.42 Å². The zero-order chi connectivity index (χ0) is 18.0. The third-order valence-electron chi connectivity index (χ3n) is 4.01. The number of benzene rings is 3. The SMILES string of the molecule is CN(C(=N)Nc1cccc2ccccc12)c1cccc(S(C)(=O)=O)c1. The van der Waals surface area contributed by atoms with Gasteiger partial charge in [-0.05, 0) is 29.7 Å². The molecule has 0 aliphatic carbocycles. The lowest BCUT2D eigenvalue weighted by molar-refractivity contribution is 0.602. The number of hydrogen-bond acceptors (Lipinski definition) is 3. The van der Waals surface area contributed by atoms with Crippen LogP contribution in [0.5, 0.6) is 0 Å². The van der Waals surface area contributed by atoms with E-state index in [1.807, 2.05) is 42.5 Å². The van der Waals surface area contributed by atoms with Crippen molar-refractivity contribution in [2.75, 3.05) is 23.5 Å². The van der Waals surface area contributed by atoms with Crippen molar-refractivity contribution < 1.29 is 8.42 Å². The fourth-order valence-corrected chi connectivity index (χ4v) is 3.26. The number of anilines is 2. The van der Waals surface area contributed by atoms with Gasteiger partial charge in [0.2, 0.25) is 0 Å². The van der Waals surface area contributed by atoms with E-state index < -0.39 is 9.84 Å². The van der Waals surface area contributed by atoms with Crippen LogP contribution in [-0.4, -0.2) is 27.7 Å². The van der Waals surface area contributed by atoms with Gasteiger partial charge in [-0.2, -0.15) is 0 Å². The highest BCUT2D eigenvalue weighted by Gasteiger charge is 2.13. The fourth-order valence-electron chi connectivity index (χ4n) is 2.60. The van der Waals surface area contributed by atoms with Crippen LogP contribution in [0.15, 0.2) is 71.6 Å². The normalized spacial score (nSPS) is 11.3. The highest BCUT2D eigenvalue weighted by Crippen LogP contribution is 2.24. The quantitative estimate of drug-likeness (QED) is 0.556. The molecule has 0 radical (unpaired) electrons. The first-order valence-corrected chi connectivity index (χ1v) is 9.62. The van der Waals surface area contributed by atoms with Crippen molar-refractivity contribution in [2.45, 2.75) is 4.90 Å². The average molecular weight is 353 g/mol. The van der Waals surface area contributed by atoms with Gasteiger partial charge in [-0.3, -0.25) is 5.41 Å². The standard InChI is InChI=1S/C19H19N3O2S/c1-22(15-9-6-10-16(13-15)25(2,23)24)19(20)21-18-12-5-8-14-7-3-4-11-17(14)18/h3-13H,1-2H3,(H2,20,21). The number of guanidine groups is 1. The first kappa shape index (κ1) is 17.0. The monoisotopic (exact) mass is 353 g/mol. The van der Waals surface area contributed by atoms with Gasteiger partial charge in [0.05, 0.1) is 4.90 Å². The maximum Gasteiger partial charge on any atom is 0.199 e. The van der Waals surface area contributed by atoms with Gasteiger partial charge in [-0.25, -0.2) is 8.42 Å². The lowest BCUT2D eigenvalue weighted by atomic mass is 10.1. The number of sulfone groups is 1. The Bertz CT molecular complexity index is 1040. The molecule has 25 heavy (non-hydrogen) atoms. The Morgan fingerprint density at radius 2 is 1.68 bits per heavy atom. The van der Waals surface area contributed by atoms with E-state index in [4.69, 9.17) is 5.41 Å². The van der Waals surface area contributed by atoms with E-state index in [-0.39, 0.29) is 10.9 Å². The molecule has 128 valence electrons. The first-order chi connectivity index (χ1) is 11.9. The Kier molecular flexibility index (Phi) is 4.46. The molecule has 2 N–H and O–H groups in total. The molecule has 0 heterocycles. The van der Waals surface area contributed by atoms with Crippen LogP contribution in [0.3, 0.4) is 0 Å². The van der Waals surface area contributed by atoms with Gasteiger partial charge in [0.1, 0.15) is 0 Å². The Labute approximate surface area is 147 Å².